The van der Waals surface area contributed by atoms with Gasteiger partial charge >= 0.3 is 0 Å². The Labute approximate surface area is 115 Å². The summed E-state index contributed by atoms with van der Waals surface area (Å²) in [4.78, 5) is 0. The average Bonchev–Trinajstić information content (AvgIpc) is 2.39. The Morgan fingerprint density at radius 2 is 1.95 bits per heavy atom. The molecular weight excluding hydrogens is 240 g/mol. The Morgan fingerprint density at radius 3 is 2.53 bits per heavy atom. The number of benzene rings is 1. The molecule has 0 aromatic heterocycles. The smallest absolute Gasteiger partial charge is 0.120 e. The summed E-state index contributed by atoms with van der Waals surface area (Å²) in [5.41, 5.74) is 0.228. The van der Waals surface area contributed by atoms with Gasteiger partial charge in [0.2, 0.25) is 0 Å². The fraction of sp³-hybridized carbons (Fsp3) is 0.625. The SMILES string of the molecule is COC1CCC(O)(c2cccc(OC(C)C)c2)CC1. The molecule has 106 valence electrons. The molecule has 0 heterocycles. The van der Waals surface area contributed by atoms with Gasteiger partial charge in [-0.2, -0.15) is 0 Å². The summed E-state index contributed by atoms with van der Waals surface area (Å²) in [6, 6.07) is 7.84. The van der Waals surface area contributed by atoms with Crippen LogP contribution in [0.3, 0.4) is 0 Å². The van der Waals surface area contributed by atoms with Crippen molar-refractivity contribution in [3.05, 3.63) is 29.8 Å². The summed E-state index contributed by atoms with van der Waals surface area (Å²) < 4.78 is 11.1. The van der Waals surface area contributed by atoms with Crippen LogP contribution >= 0.6 is 0 Å². The Hall–Kier alpha value is -1.06. The second kappa shape index (κ2) is 5.93. The molecule has 3 nitrogen and oxygen atoms in total. The number of hydrogen-bond donors (Lipinski definition) is 1. The second-order valence-corrected chi connectivity index (χ2v) is 5.66. The van der Waals surface area contributed by atoms with Crippen molar-refractivity contribution in [3.63, 3.8) is 0 Å². The highest BCUT2D eigenvalue weighted by molar-refractivity contribution is 5.32. The van der Waals surface area contributed by atoms with Crippen molar-refractivity contribution in [3.8, 4) is 5.75 Å². The number of aliphatic hydroxyl groups is 1. The van der Waals surface area contributed by atoms with E-state index in [1.807, 2.05) is 38.1 Å². The minimum absolute atomic E-state index is 0.147. The Kier molecular flexibility index (Phi) is 4.48. The van der Waals surface area contributed by atoms with Crippen molar-refractivity contribution in [2.45, 2.75) is 57.3 Å². The lowest BCUT2D eigenvalue weighted by Crippen LogP contribution is -2.34. The minimum Gasteiger partial charge on any atom is -0.491 e. The monoisotopic (exact) mass is 264 g/mol. The lowest BCUT2D eigenvalue weighted by atomic mass is 9.78. The first-order valence-corrected chi connectivity index (χ1v) is 7.06. The fourth-order valence-electron chi connectivity index (χ4n) is 2.72. The zero-order valence-electron chi connectivity index (χ0n) is 12.1. The highest BCUT2D eigenvalue weighted by Gasteiger charge is 2.35. The van der Waals surface area contributed by atoms with Crippen molar-refractivity contribution < 1.29 is 14.6 Å². The van der Waals surface area contributed by atoms with Crippen LogP contribution < -0.4 is 4.74 Å². The van der Waals surface area contributed by atoms with Gasteiger partial charge in [0.1, 0.15) is 5.75 Å². The predicted octanol–water partition coefficient (Wildman–Crippen LogP) is 3.25. The highest BCUT2D eigenvalue weighted by atomic mass is 16.5. The molecule has 0 saturated heterocycles. The van der Waals surface area contributed by atoms with Crippen molar-refractivity contribution in [2.75, 3.05) is 7.11 Å². The molecule has 1 saturated carbocycles. The van der Waals surface area contributed by atoms with E-state index < -0.39 is 5.60 Å². The molecule has 0 bridgehead atoms. The van der Waals surface area contributed by atoms with Gasteiger partial charge in [-0.05, 0) is 57.2 Å². The van der Waals surface area contributed by atoms with E-state index >= 15 is 0 Å². The molecule has 0 amide bonds. The van der Waals surface area contributed by atoms with Crippen molar-refractivity contribution in [2.24, 2.45) is 0 Å². The first-order valence-electron chi connectivity index (χ1n) is 7.06. The van der Waals surface area contributed by atoms with E-state index in [4.69, 9.17) is 9.47 Å². The Morgan fingerprint density at radius 1 is 1.26 bits per heavy atom. The molecule has 1 aromatic rings. The summed E-state index contributed by atoms with van der Waals surface area (Å²) in [5.74, 6) is 0.829. The third-order valence-corrected chi connectivity index (χ3v) is 3.84. The molecule has 1 aliphatic rings. The Bertz CT molecular complexity index is 406. The summed E-state index contributed by atoms with van der Waals surface area (Å²) in [5, 5.41) is 10.8. The van der Waals surface area contributed by atoms with Gasteiger partial charge < -0.3 is 14.6 Å². The number of hydrogen-bond acceptors (Lipinski definition) is 3. The van der Waals surface area contributed by atoms with Crippen molar-refractivity contribution in [1.82, 2.24) is 0 Å². The topological polar surface area (TPSA) is 38.7 Å². The molecule has 2 rings (SSSR count). The first kappa shape index (κ1) is 14.4. The van der Waals surface area contributed by atoms with Gasteiger partial charge in [-0.3, -0.25) is 0 Å². The molecule has 0 atom stereocenters. The van der Waals surface area contributed by atoms with E-state index in [2.05, 4.69) is 0 Å². The van der Waals surface area contributed by atoms with Gasteiger partial charge in [-0.1, -0.05) is 12.1 Å². The van der Waals surface area contributed by atoms with Crippen LogP contribution in [0, 0.1) is 0 Å². The number of methoxy groups -OCH3 is 1. The minimum atomic E-state index is -0.731. The molecular formula is C16H24O3. The molecule has 0 radical (unpaired) electrons. The second-order valence-electron chi connectivity index (χ2n) is 5.66. The number of rotatable bonds is 4. The van der Waals surface area contributed by atoms with Gasteiger partial charge in [-0.25, -0.2) is 0 Å². The van der Waals surface area contributed by atoms with Gasteiger partial charge in [0.15, 0.2) is 0 Å². The van der Waals surface area contributed by atoms with Crippen LogP contribution in [0.4, 0.5) is 0 Å². The maximum absolute atomic E-state index is 10.8. The fourth-order valence-corrected chi connectivity index (χ4v) is 2.72. The van der Waals surface area contributed by atoms with E-state index in [-0.39, 0.29) is 12.2 Å². The molecule has 1 N–H and O–H groups in total. The summed E-state index contributed by atoms with van der Waals surface area (Å²) >= 11 is 0. The van der Waals surface area contributed by atoms with Crippen molar-refractivity contribution >= 4 is 0 Å². The van der Waals surface area contributed by atoms with E-state index in [0.29, 0.717) is 0 Å². The van der Waals surface area contributed by atoms with E-state index in [1.165, 1.54) is 0 Å². The molecule has 3 heteroatoms. The molecule has 1 aromatic carbocycles. The summed E-state index contributed by atoms with van der Waals surface area (Å²) in [6.45, 7) is 4.01. The van der Waals surface area contributed by atoms with Gasteiger partial charge in [0.05, 0.1) is 17.8 Å². The molecule has 0 unspecified atom stereocenters. The van der Waals surface area contributed by atoms with Gasteiger partial charge in [0.25, 0.3) is 0 Å². The molecule has 0 spiro atoms. The van der Waals surface area contributed by atoms with Crippen molar-refractivity contribution in [1.29, 1.82) is 0 Å². The Balaban J connectivity index is 2.12. The highest BCUT2D eigenvalue weighted by Crippen LogP contribution is 2.38. The van der Waals surface area contributed by atoms with E-state index in [9.17, 15) is 5.11 Å². The molecule has 1 fully saturated rings. The maximum Gasteiger partial charge on any atom is 0.120 e. The quantitative estimate of drug-likeness (QED) is 0.907. The van der Waals surface area contributed by atoms with Crippen LogP contribution in [0.25, 0.3) is 0 Å². The predicted molar refractivity (Wildman–Crippen MR) is 75.4 cm³/mol. The third-order valence-electron chi connectivity index (χ3n) is 3.84. The lowest BCUT2D eigenvalue weighted by Gasteiger charge is -2.36. The van der Waals surface area contributed by atoms with Crippen LogP contribution in [0.5, 0.6) is 5.75 Å². The van der Waals surface area contributed by atoms with Crippen LogP contribution in [-0.2, 0) is 10.3 Å². The van der Waals surface area contributed by atoms with Gasteiger partial charge in [0, 0.05) is 7.11 Å². The normalized spacial score (nSPS) is 27.5. The van der Waals surface area contributed by atoms with Crippen LogP contribution in [0.1, 0.15) is 45.1 Å². The van der Waals surface area contributed by atoms with Gasteiger partial charge in [-0.15, -0.1) is 0 Å². The average molecular weight is 264 g/mol. The first-order chi connectivity index (χ1) is 9.03. The standard InChI is InChI=1S/C16H24O3/c1-12(2)19-15-6-4-5-13(11-15)16(17)9-7-14(18-3)8-10-16/h4-6,11-12,14,17H,7-10H2,1-3H3. The zero-order chi connectivity index (χ0) is 13.9. The van der Waals surface area contributed by atoms with E-state index in [0.717, 1.165) is 37.0 Å². The molecule has 19 heavy (non-hydrogen) atoms. The summed E-state index contributed by atoms with van der Waals surface area (Å²) in [6.07, 6.45) is 3.74. The summed E-state index contributed by atoms with van der Waals surface area (Å²) in [7, 11) is 1.74. The zero-order valence-corrected chi connectivity index (χ0v) is 12.1. The van der Waals surface area contributed by atoms with Crippen LogP contribution in [-0.4, -0.2) is 24.4 Å². The third kappa shape index (κ3) is 3.48. The lowest BCUT2D eigenvalue weighted by molar-refractivity contribution is -0.0475. The number of ether oxygens (including phenoxy) is 2. The van der Waals surface area contributed by atoms with Crippen LogP contribution in [0.2, 0.25) is 0 Å². The van der Waals surface area contributed by atoms with E-state index in [1.54, 1.807) is 7.11 Å². The largest absolute Gasteiger partial charge is 0.491 e. The molecule has 1 aliphatic carbocycles. The maximum atomic E-state index is 10.8. The van der Waals surface area contributed by atoms with Crippen LogP contribution in [0.15, 0.2) is 24.3 Å². The molecule has 0 aliphatic heterocycles.